The van der Waals surface area contributed by atoms with Crippen molar-refractivity contribution in [1.82, 2.24) is 9.47 Å². The first-order valence-corrected chi connectivity index (χ1v) is 6.78. The molecule has 4 heteroatoms. The van der Waals surface area contributed by atoms with E-state index < -0.39 is 0 Å². The number of anilines is 1. The highest BCUT2D eigenvalue weighted by Crippen LogP contribution is 2.14. The number of aromatic nitrogens is 1. The average Bonchev–Trinajstić information content (AvgIpc) is 2.79. The fourth-order valence-corrected chi connectivity index (χ4v) is 2.33. The molecule has 1 amide bonds. The number of amides is 1. The van der Waals surface area contributed by atoms with Crippen molar-refractivity contribution < 1.29 is 4.79 Å². The van der Waals surface area contributed by atoms with Gasteiger partial charge in [0.25, 0.3) is 5.91 Å². The Morgan fingerprint density at radius 2 is 2.10 bits per heavy atom. The lowest BCUT2D eigenvalue weighted by molar-refractivity contribution is 0.0774. The van der Waals surface area contributed by atoms with Crippen LogP contribution in [-0.4, -0.2) is 22.4 Å². The van der Waals surface area contributed by atoms with E-state index in [1.54, 1.807) is 17.2 Å². The van der Waals surface area contributed by atoms with Crippen molar-refractivity contribution in [2.24, 2.45) is 0 Å². The van der Waals surface area contributed by atoms with Gasteiger partial charge in [0.2, 0.25) is 0 Å². The third-order valence-electron chi connectivity index (χ3n) is 3.33. The van der Waals surface area contributed by atoms with E-state index in [1.165, 1.54) is 5.56 Å². The van der Waals surface area contributed by atoms with E-state index in [-0.39, 0.29) is 5.91 Å². The van der Waals surface area contributed by atoms with Crippen molar-refractivity contribution in [3.05, 3.63) is 53.3 Å². The zero-order valence-electron chi connectivity index (χ0n) is 12.3. The zero-order valence-corrected chi connectivity index (χ0v) is 12.3. The summed E-state index contributed by atoms with van der Waals surface area (Å²) in [6, 6.07) is 9.92. The van der Waals surface area contributed by atoms with Crippen LogP contribution in [0.4, 0.5) is 5.69 Å². The maximum Gasteiger partial charge on any atom is 0.270 e. The van der Waals surface area contributed by atoms with E-state index in [1.807, 2.05) is 43.7 Å². The monoisotopic (exact) mass is 271 g/mol. The molecule has 0 saturated carbocycles. The Kier molecular flexibility index (Phi) is 4.13. The summed E-state index contributed by atoms with van der Waals surface area (Å²) in [5.41, 5.74) is 9.36. The second kappa shape index (κ2) is 5.82. The molecular formula is C16H21N3O. The Morgan fingerprint density at radius 1 is 1.35 bits per heavy atom. The smallest absolute Gasteiger partial charge is 0.270 e. The minimum absolute atomic E-state index is 0.00921. The van der Waals surface area contributed by atoms with E-state index in [4.69, 9.17) is 5.73 Å². The van der Waals surface area contributed by atoms with Gasteiger partial charge in [0.05, 0.1) is 5.69 Å². The number of nitrogens with two attached hydrogens (primary N) is 1. The summed E-state index contributed by atoms with van der Waals surface area (Å²) in [5.74, 6) is -0.00921. The summed E-state index contributed by atoms with van der Waals surface area (Å²) in [4.78, 5) is 14.2. The molecule has 0 fully saturated rings. The van der Waals surface area contributed by atoms with Crippen LogP contribution in [0.5, 0.6) is 0 Å². The van der Waals surface area contributed by atoms with Gasteiger partial charge in [-0.3, -0.25) is 4.79 Å². The number of nitrogen functional groups attached to an aromatic ring is 1. The molecule has 2 rings (SSSR count). The lowest BCUT2D eigenvalue weighted by Crippen LogP contribution is -2.28. The molecule has 106 valence electrons. The van der Waals surface area contributed by atoms with Gasteiger partial charge >= 0.3 is 0 Å². The van der Waals surface area contributed by atoms with Crippen LogP contribution < -0.4 is 5.73 Å². The molecule has 0 spiro atoms. The molecule has 0 atom stereocenters. The van der Waals surface area contributed by atoms with Crippen molar-refractivity contribution in [3.8, 4) is 0 Å². The third-order valence-corrected chi connectivity index (χ3v) is 3.33. The van der Waals surface area contributed by atoms with Gasteiger partial charge < -0.3 is 15.2 Å². The SMILES string of the molecule is CCn1cc(N)cc1C(=O)N(C)Cc1cccc(C)c1. The Bertz CT molecular complexity index is 616. The lowest BCUT2D eigenvalue weighted by Gasteiger charge is -2.18. The van der Waals surface area contributed by atoms with Crippen LogP contribution in [0.2, 0.25) is 0 Å². The number of carbonyl (C=O) groups is 1. The maximum atomic E-state index is 12.5. The number of benzene rings is 1. The summed E-state index contributed by atoms with van der Waals surface area (Å²) >= 11 is 0. The van der Waals surface area contributed by atoms with Gasteiger partial charge in [0.1, 0.15) is 5.69 Å². The Hall–Kier alpha value is -2.23. The van der Waals surface area contributed by atoms with Crippen LogP contribution in [0, 0.1) is 6.92 Å². The molecule has 1 aromatic heterocycles. The fourth-order valence-electron chi connectivity index (χ4n) is 2.33. The van der Waals surface area contributed by atoms with Crippen LogP contribution in [0.3, 0.4) is 0 Å². The number of rotatable bonds is 4. The molecule has 0 aliphatic rings. The van der Waals surface area contributed by atoms with Gasteiger partial charge in [-0.05, 0) is 25.5 Å². The van der Waals surface area contributed by atoms with Crippen LogP contribution in [0.15, 0.2) is 36.5 Å². The topological polar surface area (TPSA) is 51.3 Å². The minimum Gasteiger partial charge on any atom is -0.397 e. The van der Waals surface area contributed by atoms with Gasteiger partial charge in [-0.2, -0.15) is 0 Å². The zero-order chi connectivity index (χ0) is 14.7. The van der Waals surface area contributed by atoms with Crippen molar-refractivity contribution >= 4 is 11.6 Å². The largest absolute Gasteiger partial charge is 0.397 e. The van der Waals surface area contributed by atoms with Crippen LogP contribution >= 0.6 is 0 Å². The average molecular weight is 271 g/mol. The molecule has 0 saturated heterocycles. The number of hydrogen-bond acceptors (Lipinski definition) is 2. The first-order chi connectivity index (χ1) is 9.51. The summed E-state index contributed by atoms with van der Waals surface area (Å²) in [5, 5.41) is 0. The fraction of sp³-hybridized carbons (Fsp3) is 0.312. The Morgan fingerprint density at radius 3 is 2.75 bits per heavy atom. The summed E-state index contributed by atoms with van der Waals surface area (Å²) in [7, 11) is 1.81. The standard InChI is InChI=1S/C16H21N3O/c1-4-19-11-14(17)9-15(19)16(20)18(3)10-13-7-5-6-12(2)8-13/h5-9,11H,4,10,17H2,1-3H3. The lowest BCUT2D eigenvalue weighted by atomic mass is 10.1. The van der Waals surface area contributed by atoms with E-state index in [0.717, 1.165) is 12.1 Å². The predicted octanol–water partition coefficient (Wildman–Crippen LogP) is 2.67. The molecule has 4 nitrogen and oxygen atoms in total. The maximum absolute atomic E-state index is 12.5. The normalized spacial score (nSPS) is 10.6. The van der Waals surface area contributed by atoms with Crippen LogP contribution in [0.25, 0.3) is 0 Å². The quantitative estimate of drug-likeness (QED) is 0.929. The highest BCUT2D eigenvalue weighted by atomic mass is 16.2. The molecule has 1 heterocycles. The van der Waals surface area contributed by atoms with E-state index >= 15 is 0 Å². The highest BCUT2D eigenvalue weighted by molar-refractivity contribution is 5.93. The summed E-state index contributed by atoms with van der Waals surface area (Å²) < 4.78 is 1.88. The molecule has 2 N–H and O–H groups in total. The molecule has 0 radical (unpaired) electrons. The van der Waals surface area contributed by atoms with Crippen molar-refractivity contribution in [2.75, 3.05) is 12.8 Å². The molecule has 0 unspecified atom stereocenters. The molecule has 0 aliphatic heterocycles. The highest BCUT2D eigenvalue weighted by Gasteiger charge is 2.16. The van der Waals surface area contributed by atoms with E-state index in [0.29, 0.717) is 17.9 Å². The molecule has 0 bridgehead atoms. The third kappa shape index (κ3) is 3.02. The first-order valence-electron chi connectivity index (χ1n) is 6.78. The van der Waals surface area contributed by atoms with Crippen molar-refractivity contribution in [3.63, 3.8) is 0 Å². The molecule has 1 aromatic carbocycles. The van der Waals surface area contributed by atoms with Gasteiger partial charge in [0, 0.05) is 26.3 Å². The Balaban J connectivity index is 2.16. The second-order valence-electron chi connectivity index (χ2n) is 5.09. The van der Waals surface area contributed by atoms with Gasteiger partial charge in [-0.1, -0.05) is 29.8 Å². The van der Waals surface area contributed by atoms with Gasteiger partial charge in [-0.15, -0.1) is 0 Å². The summed E-state index contributed by atoms with van der Waals surface area (Å²) in [6.07, 6.45) is 1.80. The van der Waals surface area contributed by atoms with Gasteiger partial charge in [0.15, 0.2) is 0 Å². The molecule has 2 aromatic rings. The number of hydrogen-bond donors (Lipinski definition) is 1. The molecular weight excluding hydrogens is 250 g/mol. The van der Waals surface area contributed by atoms with Crippen LogP contribution in [0.1, 0.15) is 28.5 Å². The number of carbonyl (C=O) groups excluding carboxylic acids is 1. The Labute approximate surface area is 119 Å². The minimum atomic E-state index is -0.00921. The van der Waals surface area contributed by atoms with Crippen LogP contribution in [-0.2, 0) is 13.1 Å². The molecule has 20 heavy (non-hydrogen) atoms. The van der Waals surface area contributed by atoms with Crippen molar-refractivity contribution in [1.29, 1.82) is 0 Å². The number of nitrogens with zero attached hydrogens (tertiary/aromatic N) is 2. The number of aryl methyl sites for hydroxylation is 2. The summed E-state index contributed by atoms with van der Waals surface area (Å²) in [6.45, 7) is 5.37. The second-order valence-corrected chi connectivity index (χ2v) is 5.09. The van der Waals surface area contributed by atoms with E-state index in [9.17, 15) is 4.79 Å². The van der Waals surface area contributed by atoms with Crippen molar-refractivity contribution in [2.45, 2.75) is 26.9 Å². The molecule has 0 aliphatic carbocycles. The van der Waals surface area contributed by atoms with E-state index in [2.05, 4.69) is 6.07 Å². The van der Waals surface area contributed by atoms with Gasteiger partial charge in [-0.25, -0.2) is 0 Å². The predicted molar refractivity (Wildman–Crippen MR) is 81.5 cm³/mol. The first kappa shape index (κ1) is 14.2.